The Kier molecular flexibility index (Phi) is 6.62. The minimum absolute atomic E-state index is 0.421. The molecule has 8 nitrogen and oxygen atoms in total. The maximum atomic E-state index is 12.4. The van der Waals surface area contributed by atoms with Crippen LogP contribution in [0.4, 0.5) is 0 Å². The summed E-state index contributed by atoms with van der Waals surface area (Å²) in [4.78, 5) is 19.5. The number of benzene rings is 2. The maximum absolute atomic E-state index is 12.4. The van der Waals surface area contributed by atoms with Gasteiger partial charge in [-0.1, -0.05) is 43.3 Å². The van der Waals surface area contributed by atoms with Crippen LogP contribution in [0.1, 0.15) is 66.2 Å². The van der Waals surface area contributed by atoms with Crippen molar-refractivity contribution in [1.82, 2.24) is 29.4 Å². The Morgan fingerprint density at radius 3 is 2.59 bits per heavy atom. The topological polar surface area (TPSA) is 91.9 Å². The van der Waals surface area contributed by atoms with E-state index < -0.39 is 17.3 Å². The molecule has 0 spiro atoms. The van der Waals surface area contributed by atoms with Gasteiger partial charge < -0.3 is 14.5 Å². The molecule has 1 unspecified atom stereocenters. The summed E-state index contributed by atoms with van der Waals surface area (Å²) in [5, 5.41) is 21.0. The predicted octanol–water partition coefficient (Wildman–Crippen LogP) is 3.33. The molecular formula is C29H35N6O2-. The predicted molar refractivity (Wildman–Crippen MR) is 141 cm³/mol. The van der Waals surface area contributed by atoms with Crippen LogP contribution in [0.25, 0.3) is 11.0 Å². The van der Waals surface area contributed by atoms with Crippen molar-refractivity contribution in [3.8, 4) is 0 Å². The average molecular weight is 500 g/mol. The Labute approximate surface area is 217 Å². The zero-order valence-electron chi connectivity index (χ0n) is 22.4. The number of likely N-dealkylation sites (tertiary alicyclic amines) is 1. The first-order chi connectivity index (χ1) is 17.7. The fourth-order valence-corrected chi connectivity index (χ4v) is 5.67. The largest absolute Gasteiger partial charge is 0.550 e. The SMILES string of the molecule is Cc1ccc(C(c2ccc3c(nnn3C)c2C)C(C)(C)C(=O)[O-])cc1Cn1ccnc1CN1CCCC1. The van der Waals surface area contributed by atoms with Crippen LogP contribution < -0.4 is 5.11 Å². The zero-order chi connectivity index (χ0) is 26.3. The Morgan fingerprint density at radius 2 is 1.86 bits per heavy atom. The van der Waals surface area contributed by atoms with Gasteiger partial charge in [-0.25, -0.2) is 9.67 Å². The van der Waals surface area contributed by atoms with Gasteiger partial charge in [-0.3, -0.25) is 4.90 Å². The number of nitrogens with zero attached hydrogens (tertiary/aromatic N) is 6. The Bertz CT molecular complexity index is 1440. The fraction of sp³-hybridized carbons (Fsp3) is 0.448. The van der Waals surface area contributed by atoms with E-state index in [0.717, 1.165) is 64.3 Å². The van der Waals surface area contributed by atoms with E-state index in [2.05, 4.69) is 43.8 Å². The second-order valence-electron chi connectivity index (χ2n) is 10.9. The van der Waals surface area contributed by atoms with Crippen LogP contribution in [-0.2, 0) is 24.9 Å². The molecule has 0 N–H and O–H groups in total. The molecule has 2 aromatic heterocycles. The Morgan fingerprint density at radius 1 is 1.11 bits per heavy atom. The minimum atomic E-state index is -1.15. The van der Waals surface area contributed by atoms with E-state index in [0.29, 0.717) is 6.54 Å². The number of aromatic nitrogens is 5. The van der Waals surface area contributed by atoms with Gasteiger partial charge in [0.25, 0.3) is 0 Å². The van der Waals surface area contributed by atoms with Crippen LogP contribution in [-0.4, -0.2) is 48.5 Å². The lowest BCUT2D eigenvalue weighted by Crippen LogP contribution is -2.42. The highest BCUT2D eigenvalue weighted by Crippen LogP contribution is 2.43. The number of hydrogen-bond donors (Lipinski definition) is 0. The number of carboxylic acid groups (broad SMARTS) is 1. The summed E-state index contributed by atoms with van der Waals surface area (Å²) in [5.74, 6) is -0.446. The van der Waals surface area contributed by atoms with Gasteiger partial charge in [-0.2, -0.15) is 0 Å². The van der Waals surface area contributed by atoms with Crippen LogP contribution in [0.5, 0.6) is 0 Å². The second kappa shape index (κ2) is 9.74. The van der Waals surface area contributed by atoms with Crippen LogP contribution in [0.2, 0.25) is 0 Å². The van der Waals surface area contributed by atoms with Crippen molar-refractivity contribution in [1.29, 1.82) is 0 Å². The molecule has 8 heteroatoms. The van der Waals surface area contributed by atoms with Crippen LogP contribution in [0, 0.1) is 19.3 Å². The smallest absolute Gasteiger partial charge is 0.123 e. The van der Waals surface area contributed by atoms with Crippen molar-refractivity contribution < 1.29 is 9.90 Å². The number of hydrogen-bond acceptors (Lipinski definition) is 6. The summed E-state index contributed by atoms with van der Waals surface area (Å²) in [7, 11) is 1.86. The number of aryl methyl sites for hydroxylation is 3. The van der Waals surface area contributed by atoms with Crippen LogP contribution in [0.3, 0.4) is 0 Å². The second-order valence-corrected chi connectivity index (χ2v) is 10.9. The summed E-state index contributed by atoms with van der Waals surface area (Å²) in [6.45, 7) is 11.4. The standard InChI is InChI=1S/C29H36N6O2/c1-19-8-9-21(16-22(19)17-35-15-12-30-25(35)18-34-13-6-7-14-34)26(29(3,4)28(36)37)23-10-11-24-27(20(23)2)31-32-33(24)5/h8-12,15-16,26H,6-7,13-14,17-18H2,1-5H3,(H,36,37)/p-1. The molecule has 2 aromatic carbocycles. The molecule has 0 bridgehead atoms. The number of aliphatic carboxylic acids is 1. The Balaban J connectivity index is 1.56. The molecule has 1 atom stereocenters. The molecule has 194 valence electrons. The van der Waals surface area contributed by atoms with E-state index in [4.69, 9.17) is 0 Å². The lowest BCUT2D eigenvalue weighted by Gasteiger charge is -2.37. The number of fused-ring (bicyclic) bond motifs is 1. The minimum Gasteiger partial charge on any atom is -0.550 e. The molecular weight excluding hydrogens is 464 g/mol. The monoisotopic (exact) mass is 499 g/mol. The summed E-state index contributed by atoms with van der Waals surface area (Å²) in [6.07, 6.45) is 6.40. The van der Waals surface area contributed by atoms with Gasteiger partial charge in [-0.05, 0) is 73.7 Å². The zero-order valence-corrected chi connectivity index (χ0v) is 22.4. The van der Waals surface area contributed by atoms with Crippen molar-refractivity contribution in [2.75, 3.05) is 13.1 Å². The maximum Gasteiger partial charge on any atom is 0.123 e. The molecule has 1 saturated heterocycles. The van der Waals surface area contributed by atoms with E-state index >= 15 is 0 Å². The van der Waals surface area contributed by atoms with Crippen LogP contribution in [0.15, 0.2) is 42.7 Å². The Hall–Kier alpha value is -3.52. The van der Waals surface area contributed by atoms with Gasteiger partial charge in [0.05, 0.1) is 12.1 Å². The van der Waals surface area contributed by atoms with Crippen molar-refractivity contribution in [3.05, 3.63) is 76.4 Å². The van der Waals surface area contributed by atoms with Crippen molar-refractivity contribution in [2.24, 2.45) is 12.5 Å². The summed E-state index contributed by atoms with van der Waals surface area (Å²) < 4.78 is 3.94. The fourth-order valence-electron chi connectivity index (χ4n) is 5.67. The van der Waals surface area contributed by atoms with E-state index in [9.17, 15) is 9.90 Å². The molecule has 4 aromatic rings. The lowest BCUT2D eigenvalue weighted by atomic mass is 9.69. The summed E-state index contributed by atoms with van der Waals surface area (Å²) in [5.41, 5.74) is 5.68. The molecule has 3 heterocycles. The molecule has 37 heavy (non-hydrogen) atoms. The van der Waals surface area contributed by atoms with E-state index in [1.54, 1.807) is 18.5 Å². The van der Waals surface area contributed by atoms with Gasteiger partial charge >= 0.3 is 0 Å². The molecule has 1 fully saturated rings. The molecule has 0 radical (unpaired) electrons. The van der Waals surface area contributed by atoms with Gasteiger partial charge in [-0.15, -0.1) is 5.10 Å². The highest BCUT2D eigenvalue weighted by atomic mass is 16.4. The number of carbonyl (C=O) groups excluding carboxylic acids is 1. The quantitative estimate of drug-likeness (QED) is 0.369. The van der Waals surface area contributed by atoms with E-state index in [1.807, 2.05) is 44.6 Å². The number of rotatable bonds is 8. The average Bonchev–Trinajstić information content (AvgIpc) is 3.61. The lowest BCUT2D eigenvalue weighted by molar-refractivity contribution is -0.318. The van der Waals surface area contributed by atoms with Gasteiger partial charge in [0, 0.05) is 43.3 Å². The van der Waals surface area contributed by atoms with Crippen molar-refractivity contribution >= 4 is 17.0 Å². The van der Waals surface area contributed by atoms with Crippen molar-refractivity contribution in [2.45, 2.75) is 59.5 Å². The van der Waals surface area contributed by atoms with Gasteiger partial charge in [0.2, 0.25) is 0 Å². The van der Waals surface area contributed by atoms with E-state index in [-0.39, 0.29) is 0 Å². The number of imidazole rings is 1. The molecule has 1 aliphatic heterocycles. The third-order valence-corrected chi connectivity index (χ3v) is 8.05. The summed E-state index contributed by atoms with van der Waals surface area (Å²) in [6, 6.07) is 10.3. The first-order valence-electron chi connectivity index (χ1n) is 13.0. The molecule has 1 aliphatic rings. The number of carboxylic acids is 1. The highest BCUT2D eigenvalue weighted by molar-refractivity contribution is 5.81. The highest BCUT2D eigenvalue weighted by Gasteiger charge is 2.35. The third-order valence-electron chi connectivity index (χ3n) is 8.05. The van der Waals surface area contributed by atoms with Crippen molar-refractivity contribution in [3.63, 3.8) is 0 Å². The summed E-state index contributed by atoms with van der Waals surface area (Å²) >= 11 is 0. The van der Waals surface area contributed by atoms with Gasteiger partial charge in [0.1, 0.15) is 11.3 Å². The first-order valence-corrected chi connectivity index (χ1v) is 13.0. The third kappa shape index (κ3) is 4.66. The molecule has 5 rings (SSSR count). The molecule has 0 aliphatic carbocycles. The molecule has 0 saturated carbocycles. The van der Waals surface area contributed by atoms with Crippen LogP contribution >= 0.6 is 0 Å². The normalized spacial score (nSPS) is 15.5. The molecule has 0 amide bonds. The first kappa shape index (κ1) is 25.1. The van der Waals surface area contributed by atoms with E-state index in [1.165, 1.54) is 12.8 Å². The van der Waals surface area contributed by atoms with Gasteiger partial charge in [0.15, 0.2) is 0 Å². The number of carbonyl (C=O) groups is 1.